The highest BCUT2D eigenvalue weighted by Crippen LogP contribution is 2.34. The number of nitrogens with zero attached hydrogens (tertiary/aromatic N) is 7. The molecule has 164 valence electrons. The predicted molar refractivity (Wildman–Crippen MR) is 120 cm³/mol. The summed E-state index contributed by atoms with van der Waals surface area (Å²) in [6.45, 7) is 6.70. The van der Waals surface area contributed by atoms with Gasteiger partial charge in [-0.05, 0) is 46.0 Å². The van der Waals surface area contributed by atoms with Crippen LogP contribution >= 0.6 is 11.6 Å². The van der Waals surface area contributed by atoms with E-state index < -0.39 is 0 Å². The molecule has 9 heteroatoms. The quantitative estimate of drug-likeness (QED) is 0.619. The van der Waals surface area contributed by atoms with Crippen LogP contribution in [0.3, 0.4) is 0 Å². The van der Waals surface area contributed by atoms with Crippen molar-refractivity contribution in [1.29, 1.82) is 0 Å². The van der Waals surface area contributed by atoms with Gasteiger partial charge in [0, 0.05) is 44.5 Å². The Bertz CT molecular complexity index is 1140. The first-order valence-electron chi connectivity index (χ1n) is 11.1. The molecule has 5 heterocycles. The van der Waals surface area contributed by atoms with Crippen molar-refractivity contribution in [3.05, 3.63) is 39.9 Å². The van der Waals surface area contributed by atoms with E-state index in [9.17, 15) is 4.79 Å². The Morgan fingerprint density at radius 3 is 2.55 bits per heavy atom. The smallest absolute Gasteiger partial charge is 0.274 e. The molecule has 2 aliphatic rings. The number of amides is 1. The number of likely N-dealkylation sites (tertiary alicyclic amines) is 1. The molecule has 1 atom stereocenters. The molecule has 2 saturated heterocycles. The number of rotatable bonds is 3. The molecule has 8 nitrogen and oxygen atoms in total. The molecule has 1 amide bonds. The van der Waals surface area contributed by atoms with Gasteiger partial charge in [0.2, 0.25) is 0 Å². The largest absolute Gasteiger partial charge is 0.356 e. The fourth-order valence-corrected chi connectivity index (χ4v) is 5.15. The number of aromatic nitrogens is 5. The molecule has 2 aliphatic heterocycles. The average Bonchev–Trinajstić information content (AvgIpc) is 3.47. The molecule has 0 radical (unpaired) electrons. The molecular formula is C22H28ClN7O. The maximum Gasteiger partial charge on any atom is 0.274 e. The highest BCUT2D eigenvalue weighted by Gasteiger charge is 2.33. The molecule has 31 heavy (non-hydrogen) atoms. The van der Waals surface area contributed by atoms with Crippen LogP contribution in [-0.2, 0) is 7.05 Å². The normalized spacial score (nSPS) is 19.5. The maximum atomic E-state index is 13.5. The minimum Gasteiger partial charge on any atom is -0.356 e. The summed E-state index contributed by atoms with van der Waals surface area (Å²) in [5, 5.41) is 9.58. The van der Waals surface area contributed by atoms with Crippen LogP contribution in [0, 0.1) is 13.8 Å². The van der Waals surface area contributed by atoms with E-state index in [1.807, 2.05) is 22.4 Å². The third kappa shape index (κ3) is 3.46. The van der Waals surface area contributed by atoms with Gasteiger partial charge in [-0.15, -0.1) is 0 Å². The monoisotopic (exact) mass is 441 g/mol. The van der Waals surface area contributed by atoms with Gasteiger partial charge in [-0.1, -0.05) is 11.6 Å². The van der Waals surface area contributed by atoms with E-state index in [1.54, 1.807) is 11.7 Å². The number of carbonyl (C=O) groups is 1. The van der Waals surface area contributed by atoms with Gasteiger partial charge in [-0.3, -0.25) is 9.48 Å². The van der Waals surface area contributed by atoms with Crippen LogP contribution in [0.1, 0.15) is 65.6 Å². The lowest BCUT2D eigenvalue weighted by molar-refractivity contribution is 0.0594. The topological polar surface area (TPSA) is 71.6 Å². The Hall–Kier alpha value is -2.61. The van der Waals surface area contributed by atoms with E-state index in [1.165, 1.54) is 12.8 Å². The predicted octanol–water partition coefficient (Wildman–Crippen LogP) is 3.70. The first-order chi connectivity index (χ1) is 14.9. The SMILES string of the molecule is Cc1cn2nc([C@@H]3CCCCN3C(=O)c3c(Cl)c(C)nn3C)cc2nc1N1CCCC1. The average molecular weight is 442 g/mol. The summed E-state index contributed by atoms with van der Waals surface area (Å²) in [5.41, 5.74) is 3.95. The second-order valence-electron chi connectivity index (χ2n) is 8.70. The highest BCUT2D eigenvalue weighted by molar-refractivity contribution is 6.34. The molecular weight excluding hydrogens is 414 g/mol. The third-order valence-corrected chi connectivity index (χ3v) is 6.94. The molecule has 2 fully saturated rings. The van der Waals surface area contributed by atoms with Crippen molar-refractivity contribution in [3.8, 4) is 0 Å². The molecule has 0 unspecified atom stereocenters. The number of carbonyl (C=O) groups excluding carboxylic acids is 1. The Balaban J connectivity index is 1.50. The van der Waals surface area contributed by atoms with E-state index in [-0.39, 0.29) is 11.9 Å². The highest BCUT2D eigenvalue weighted by atomic mass is 35.5. The molecule has 0 spiro atoms. The lowest BCUT2D eigenvalue weighted by atomic mass is 9.99. The van der Waals surface area contributed by atoms with Crippen molar-refractivity contribution in [1.82, 2.24) is 29.3 Å². The second-order valence-corrected chi connectivity index (χ2v) is 9.07. The second kappa shape index (κ2) is 7.82. The van der Waals surface area contributed by atoms with Gasteiger partial charge in [0.25, 0.3) is 5.91 Å². The number of hydrogen-bond acceptors (Lipinski definition) is 5. The number of hydrogen-bond donors (Lipinski definition) is 0. The first-order valence-corrected chi connectivity index (χ1v) is 11.4. The molecule has 0 bridgehead atoms. The van der Waals surface area contributed by atoms with Crippen molar-refractivity contribution in [2.24, 2.45) is 7.05 Å². The fourth-order valence-electron chi connectivity index (χ4n) is 4.91. The third-order valence-electron chi connectivity index (χ3n) is 6.49. The Morgan fingerprint density at radius 1 is 1.10 bits per heavy atom. The fraction of sp³-hybridized carbons (Fsp3) is 0.545. The number of halogens is 1. The standard InChI is InChI=1S/C22H28ClN7O/c1-14-13-30-18(24-21(14)28-9-6-7-10-28)12-16(26-30)17-8-4-5-11-29(17)22(31)20-19(23)15(2)25-27(20)3/h12-13,17H,4-11H2,1-3H3/t17-/m0/s1. The summed E-state index contributed by atoms with van der Waals surface area (Å²) in [5.74, 6) is 0.960. The van der Waals surface area contributed by atoms with Gasteiger partial charge in [-0.25, -0.2) is 9.50 Å². The van der Waals surface area contributed by atoms with Crippen molar-refractivity contribution >= 4 is 29.0 Å². The summed E-state index contributed by atoms with van der Waals surface area (Å²) < 4.78 is 3.44. The molecule has 3 aromatic rings. The van der Waals surface area contributed by atoms with E-state index in [0.29, 0.717) is 23.0 Å². The van der Waals surface area contributed by atoms with E-state index in [0.717, 1.165) is 55.1 Å². The number of aryl methyl sites for hydroxylation is 3. The molecule has 3 aromatic heterocycles. The summed E-state index contributed by atoms with van der Waals surface area (Å²) in [7, 11) is 1.77. The summed E-state index contributed by atoms with van der Waals surface area (Å²) in [6, 6.07) is 1.94. The van der Waals surface area contributed by atoms with Gasteiger partial charge in [0.1, 0.15) is 11.5 Å². The number of piperidine rings is 1. The van der Waals surface area contributed by atoms with Gasteiger partial charge in [0.15, 0.2) is 5.65 Å². The first kappa shape index (κ1) is 20.3. The summed E-state index contributed by atoms with van der Waals surface area (Å²) in [6.07, 6.45) is 7.39. The molecule has 0 aliphatic carbocycles. The zero-order valence-electron chi connectivity index (χ0n) is 18.3. The summed E-state index contributed by atoms with van der Waals surface area (Å²) in [4.78, 5) is 22.6. The van der Waals surface area contributed by atoms with Gasteiger partial charge in [0.05, 0.1) is 22.5 Å². The minimum atomic E-state index is -0.0928. The molecule has 0 saturated carbocycles. The Labute approximate surface area is 186 Å². The number of anilines is 1. The minimum absolute atomic E-state index is 0.0863. The lowest BCUT2D eigenvalue weighted by Gasteiger charge is -2.34. The van der Waals surface area contributed by atoms with Gasteiger partial charge < -0.3 is 9.80 Å². The van der Waals surface area contributed by atoms with Crippen molar-refractivity contribution in [2.75, 3.05) is 24.5 Å². The Kier molecular flexibility index (Phi) is 5.12. The molecule has 0 N–H and O–H groups in total. The lowest BCUT2D eigenvalue weighted by Crippen LogP contribution is -2.39. The van der Waals surface area contributed by atoms with E-state index in [4.69, 9.17) is 21.7 Å². The zero-order chi connectivity index (χ0) is 21.7. The van der Waals surface area contributed by atoms with Gasteiger partial charge in [-0.2, -0.15) is 10.2 Å². The van der Waals surface area contributed by atoms with Crippen LogP contribution in [0.15, 0.2) is 12.3 Å². The number of fused-ring (bicyclic) bond motifs is 1. The maximum absolute atomic E-state index is 13.5. The van der Waals surface area contributed by atoms with Crippen molar-refractivity contribution < 1.29 is 4.79 Å². The van der Waals surface area contributed by atoms with Crippen molar-refractivity contribution in [2.45, 2.75) is 52.0 Å². The van der Waals surface area contributed by atoms with E-state index in [2.05, 4.69) is 23.1 Å². The van der Waals surface area contributed by atoms with Crippen molar-refractivity contribution in [3.63, 3.8) is 0 Å². The zero-order valence-corrected chi connectivity index (χ0v) is 19.1. The van der Waals surface area contributed by atoms with E-state index >= 15 is 0 Å². The van der Waals surface area contributed by atoms with Crippen LogP contribution in [-0.4, -0.2) is 54.8 Å². The van der Waals surface area contributed by atoms with Crippen LogP contribution in [0.5, 0.6) is 0 Å². The summed E-state index contributed by atoms with van der Waals surface area (Å²) >= 11 is 6.42. The van der Waals surface area contributed by atoms with Crippen LogP contribution in [0.4, 0.5) is 5.82 Å². The molecule has 5 rings (SSSR count). The van der Waals surface area contributed by atoms with Crippen LogP contribution < -0.4 is 4.90 Å². The van der Waals surface area contributed by atoms with Crippen LogP contribution in [0.2, 0.25) is 5.02 Å². The van der Waals surface area contributed by atoms with Crippen LogP contribution in [0.25, 0.3) is 5.65 Å². The van der Waals surface area contributed by atoms with Gasteiger partial charge >= 0.3 is 0 Å². The molecule has 0 aromatic carbocycles. The Morgan fingerprint density at radius 2 is 1.84 bits per heavy atom.